The Hall–Kier alpha value is -3.49. The van der Waals surface area contributed by atoms with Crippen LogP contribution < -0.4 is 4.90 Å². The van der Waals surface area contributed by atoms with Crippen molar-refractivity contribution in [2.24, 2.45) is 4.99 Å². The van der Waals surface area contributed by atoms with Crippen molar-refractivity contribution >= 4 is 45.1 Å². The van der Waals surface area contributed by atoms with Crippen molar-refractivity contribution in [3.05, 3.63) is 88.2 Å². The lowest BCUT2D eigenvalue weighted by atomic mass is 9.92. The molecule has 46 heavy (non-hydrogen) atoms. The van der Waals surface area contributed by atoms with Gasteiger partial charge in [0.1, 0.15) is 17.5 Å². The van der Waals surface area contributed by atoms with E-state index >= 15 is 17.6 Å². The topological polar surface area (TPSA) is 72.3 Å². The molecule has 0 radical (unpaired) electrons. The van der Waals surface area contributed by atoms with Crippen LogP contribution in [0.4, 0.5) is 27.6 Å². The molecule has 3 aliphatic rings. The van der Waals surface area contributed by atoms with E-state index in [1.54, 1.807) is 34.2 Å². The van der Waals surface area contributed by atoms with Gasteiger partial charge in [0, 0.05) is 82.9 Å². The van der Waals surface area contributed by atoms with Crippen LogP contribution in [0.1, 0.15) is 36.6 Å². The number of amides is 1. The second-order valence-electron chi connectivity index (χ2n) is 11.5. The lowest BCUT2D eigenvalue weighted by Gasteiger charge is -2.47. The number of thioether (sulfide) groups is 1. The first-order valence-electron chi connectivity index (χ1n) is 14.5. The highest BCUT2D eigenvalue weighted by Gasteiger charge is 2.44. The Kier molecular flexibility index (Phi) is 8.66. The van der Waals surface area contributed by atoms with Gasteiger partial charge in [0.2, 0.25) is 12.3 Å². The molecule has 2 aromatic carbocycles. The molecule has 1 amide bonds. The van der Waals surface area contributed by atoms with Crippen LogP contribution in [-0.4, -0.2) is 75.5 Å². The Balaban J connectivity index is 1.59. The lowest BCUT2D eigenvalue weighted by Crippen LogP contribution is -2.60. The molecule has 242 valence electrons. The van der Waals surface area contributed by atoms with E-state index in [0.29, 0.717) is 11.8 Å². The van der Waals surface area contributed by atoms with Gasteiger partial charge in [0.15, 0.2) is 0 Å². The van der Waals surface area contributed by atoms with Crippen LogP contribution in [0.15, 0.2) is 69.6 Å². The zero-order valence-corrected chi connectivity index (χ0v) is 27.1. The lowest BCUT2D eigenvalue weighted by molar-refractivity contribution is -0.137. The highest BCUT2D eigenvalue weighted by molar-refractivity contribution is 9.10. The number of benzene rings is 2. The van der Waals surface area contributed by atoms with E-state index < -0.39 is 40.9 Å². The quantitative estimate of drug-likeness (QED) is 0.186. The summed E-state index contributed by atoms with van der Waals surface area (Å²) in [6.45, 7) is 7.85. The number of halogens is 6. The molecule has 7 nitrogen and oxygen atoms in total. The normalized spacial score (nSPS) is 23.1. The minimum Gasteiger partial charge on any atom is -0.355 e. The van der Waals surface area contributed by atoms with Crippen molar-refractivity contribution in [2.45, 2.75) is 49.3 Å². The molecule has 0 bridgehead atoms. The molecule has 0 aliphatic carbocycles. The second-order valence-corrected chi connectivity index (χ2v) is 13.4. The van der Waals surface area contributed by atoms with Crippen molar-refractivity contribution in [3.63, 3.8) is 0 Å². The van der Waals surface area contributed by atoms with Gasteiger partial charge in [-0.2, -0.15) is 13.2 Å². The smallest absolute Gasteiger partial charge is 0.355 e. The number of alkyl halides is 3. The van der Waals surface area contributed by atoms with Crippen LogP contribution in [0.3, 0.4) is 0 Å². The number of aromatic nitrogens is 1. The Morgan fingerprint density at radius 1 is 1.09 bits per heavy atom. The molecule has 1 fully saturated rings. The van der Waals surface area contributed by atoms with Gasteiger partial charge in [-0.3, -0.25) is 9.78 Å². The Morgan fingerprint density at radius 3 is 2.43 bits per heavy atom. The van der Waals surface area contributed by atoms with Crippen LogP contribution in [0, 0.1) is 11.6 Å². The largest absolute Gasteiger partial charge is 0.417 e. The molecule has 3 aromatic rings. The molecule has 1 N–H and O–H groups in total. The Labute approximate surface area is 274 Å². The summed E-state index contributed by atoms with van der Waals surface area (Å²) < 4.78 is 74.7. The first kappa shape index (κ1) is 32.5. The predicted molar refractivity (Wildman–Crippen MR) is 170 cm³/mol. The summed E-state index contributed by atoms with van der Waals surface area (Å²) in [5.74, 6) is -2.31. The van der Waals surface area contributed by atoms with Gasteiger partial charge < -0.3 is 19.8 Å². The summed E-state index contributed by atoms with van der Waals surface area (Å²) in [6.07, 6.45) is -3.59. The minimum atomic E-state index is -4.94. The summed E-state index contributed by atoms with van der Waals surface area (Å²) >= 11 is 4.11. The molecule has 1 saturated heterocycles. The number of hydrogen-bond donors (Lipinski definition) is 1. The third kappa shape index (κ3) is 5.68. The zero-order chi connectivity index (χ0) is 33.1. The third-order valence-electron chi connectivity index (χ3n) is 8.48. The van der Waals surface area contributed by atoms with E-state index in [0.717, 1.165) is 23.9 Å². The predicted octanol–water partition coefficient (Wildman–Crippen LogP) is 6.65. The van der Waals surface area contributed by atoms with Crippen molar-refractivity contribution in [1.29, 1.82) is 0 Å². The molecule has 0 spiro atoms. The fraction of sp³-hybridized carbons (Fsp3) is 0.344. The van der Waals surface area contributed by atoms with Gasteiger partial charge in [-0.05, 0) is 60.1 Å². The van der Waals surface area contributed by atoms with Gasteiger partial charge in [-0.15, -0.1) is 11.8 Å². The number of amidine groups is 1. The third-order valence-corrected chi connectivity index (χ3v) is 10.3. The SMILES string of the molecule is C=CC(=O)N1[C@H](C)CN(C2=NC(O)N3C[C@H](c4ccccn4)CSc4c(-c5cc(Br)c(F)cc5F)c(C(F)(F)F)cc2c43)C[C@@H]1C. The van der Waals surface area contributed by atoms with Crippen LogP contribution in [0.25, 0.3) is 11.1 Å². The maximum absolute atomic E-state index is 15.5. The molecule has 0 saturated carbocycles. The van der Waals surface area contributed by atoms with Crippen molar-refractivity contribution in [2.75, 3.05) is 30.3 Å². The van der Waals surface area contributed by atoms with E-state index in [9.17, 15) is 14.3 Å². The summed E-state index contributed by atoms with van der Waals surface area (Å²) in [5.41, 5.74) is -0.931. The van der Waals surface area contributed by atoms with E-state index in [1.165, 1.54) is 11.0 Å². The van der Waals surface area contributed by atoms with Crippen molar-refractivity contribution < 1.29 is 31.9 Å². The molecule has 14 heteroatoms. The molecule has 4 heterocycles. The minimum absolute atomic E-state index is 0.0914. The van der Waals surface area contributed by atoms with Crippen molar-refractivity contribution in [1.82, 2.24) is 14.8 Å². The summed E-state index contributed by atoms with van der Waals surface area (Å²) in [7, 11) is 0. The molecule has 1 aromatic heterocycles. The van der Waals surface area contributed by atoms with Gasteiger partial charge in [-0.1, -0.05) is 12.6 Å². The second kappa shape index (κ2) is 12.3. The zero-order valence-electron chi connectivity index (χ0n) is 24.7. The molecule has 6 rings (SSSR count). The maximum atomic E-state index is 15.5. The molecule has 3 aliphatic heterocycles. The van der Waals surface area contributed by atoms with Crippen LogP contribution >= 0.6 is 27.7 Å². The van der Waals surface area contributed by atoms with Crippen LogP contribution in [0.5, 0.6) is 0 Å². The maximum Gasteiger partial charge on any atom is 0.417 e. The number of aliphatic hydroxyl groups is 1. The van der Waals surface area contributed by atoms with Gasteiger partial charge >= 0.3 is 6.18 Å². The number of aliphatic hydroxyl groups excluding tert-OH is 1. The van der Waals surface area contributed by atoms with E-state index in [-0.39, 0.29) is 75.8 Å². The van der Waals surface area contributed by atoms with Crippen LogP contribution in [0.2, 0.25) is 0 Å². The molecular formula is C32H29BrF5N5O2S. The number of hydrogen-bond acceptors (Lipinski definition) is 7. The van der Waals surface area contributed by atoms with E-state index in [1.807, 2.05) is 13.8 Å². The first-order chi connectivity index (χ1) is 21.8. The summed E-state index contributed by atoms with van der Waals surface area (Å²) in [5, 5.41) is 11.6. The first-order valence-corrected chi connectivity index (χ1v) is 16.3. The number of carbonyl (C=O) groups is 1. The number of piperazine rings is 1. The monoisotopic (exact) mass is 721 g/mol. The number of nitrogens with zero attached hydrogens (tertiary/aromatic N) is 5. The number of rotatable bonds is 3. The standard InChI is InChI=1S/C32H29BrF5N5O2S/c1-4-26(44)43-16(2)12-41(13-17(43)3)30-20-9-21(32(36,37)38)27(19-10-22(33)24(35)11-23(19)34)29-28(20)42(31(45)40-30)14-18(15-46-29)25-7-5-6-8-39-25/h4-11,16-18,31,45H,1,12-15H2,2-3H3/t16-,17+,18-,31?/m0/s1. The van der Waals surface area contributed by atoms with E-state index in [2.05, 4.69) is 32.5 Å². The average Bonchev–Trinajstić information content (AvgIpc) is 3.21. The fourth-order valence-corrected chi connectivity index (χ4v) is 8.27. The highest BCUT2D eigenvalue weighted by Crippen LogP contribution is 2.53. The Morgan fingerprint density at radius 2 is 1.80 bits per heavy atom. The fourth-order valence-electron chi connectivity index (χ4n) is 6.56. The van der Waals surface area contributed by atoms with Gasteiger partial charge in [0.25, 0.3) is 0 Å². The average molecular weight is 723 g/mol. The molecular weight excluding hydrogens is 693 g/mol. The number of anilines is 1. The van der Waals surface area contributed by atoms with Crippen LogP contribution in [-0.2, 0) is 11.0 Å². The van der Waals surface area contributed by atoms with Gasteiger partial charge in [-0.25, -0.2) is 13.8 Å². The van der Waals surface area contributed by atoms with Gasteiger partial charge in [0.05, 0.1) is 15.7 Å². The molecule has 1 unspecified atom stereocenters. The van der Waals surface area contributed by atoms with E-state index in [4.69, 9.17) is 0 Å². The Bertz CT molecular complexity index is 1730. The number of pyridine rings is 1. The molecule has 4 atom stereocenters. The summed E-state index contributed by atoms with van der Waals surface area (Å²) in [4.78, 5) is 26.6. The van der Waals surface area contributed by atoms with Crippen molar-refractivity contribution in [3.8, 4) is 11.1 Å². The summed E-state index contributed by atoms with van der Waals surface area (Å²) in [6, 6.07) is 7.17. The number of aliphatic imine (C=N–C) groups is 1. The number of carbonyl (C=O) groups excluding carboxylic acids is 1. The highest BCUT2D eigenvalue weighted by atomic mass is 79.9.